The lowest BCUT2D eigenvalue weighted by Gasteiger charge is -2.18. The Morgan fingerprint density at radius 3 is 2.47 bits per heavy atom. The highest BCUT2D eigenvalue weighted by Gasteiger charge is 2.11. The van der Waals surface area contributed by atoms with Crippen molar-refractivity contribution in [1.82, 2.24) is 5.32 Å². The van der Waals surface area contributed by atoms with E-state index in [1.54, 1.807) is 11.8 Å². The normalized spacial score (nSPS) is 12.1. The maximum atomic E-state index is 11.4. The molecule has 0 aliphatic carbocycles. The van der Waals surface area contributed by atoms with Crippen molar-refractivity contribution in [3.05, 3.63) is 0 Å². The third-order valence-corrected chi connectivity index (χ3v) is 2.55. The van der Waals surface area contributed by atoms with Gasteiger partial charge in [0.1, 0.15) is 0 Å². The van der Waals surface area contributed by atoms with Gasteiger partial charge in [0.05, 0.1) is 0 Å². The fourth-order valence-corrected chi connectivity index (χ4v) is 1.67. The molecule has 1 atom stereocenters. The molecule has 1 amide bonds. The summed E-state index contributed by atoms with van der Waals surface area (Å²) in [7, 11) is 0. The van der Waals surface area contributed by atoms with Gasteiger partial charge in [-0.05, 0) is 18.6 Å². The van der Waals surface area contributed by atoms with Crippen molar-refractivity contribution in [3.63, 3.8) is 0 Å². The molecule has 0 radical (unpaired) electrons. The van der Waals surface area contributed by atoms with Crippen LogP contribution in [-0.2, 0) is 4.79 Å². The number of halogens is 1. The van der Waals surface area contributed by atoms with Gasteiger partial charge in [0.25, 0.3) is 0 Å². The number of rotatable bonds is 7. The second kappa shape index (κ2) is 10.6. The Balaban J connectivity index is 0. The summed E-state index contributed by atoms with van der Waals surface area (Å²) in [4.78, 5) is 11.4. The minimum atomic E-state index is 0. The molecule has 3 nitrogen and oxygen atoms in total. The van der Waals surface area contributed by atoms with Crippen LogP contribution in [0.3, 0.4) is 0 Å². The molecular weight excluding hydrogens is 232 g/mol. The van der Waals surface area contributed by atoms with E-state index in [9.17, 15) is 4.79 Å². The van der Waals surface area contributed by atoms with E-state index in [4.69, 9.17) is 5.73 Å². The topological polar surface area (TPSA) is 55.1 Å². The van der Waals surface area contributed by atoms with Crippen LogP contribution in [0.4, 0.5) is 0 Å². The molecule has 0 aliphatic heterocycles. The minimum Gasteiger partial charge on any atom is -0.352 e. The van der Waals surface area contributed by atoms with Gasteiger partial charge < -0.3 is 11.1 Å². The van der Waals surface area contributed by atoms with Crippen LogP contribution < -0.4 is 11.1 Å². The molecule has 0 saturated carbocycles. The van der Waals surface area contributed by atoms with Crippen molar-refractivity contribution >= 4 is 30.1 Å². The van der Waals surface area contributed by atoms with Crippen LogP contribution in [0, 0.1) is 5.92 Å². The Hall–Kier alpha value is 0.0700. The lowest BCUT2D eigenvalue weighted by atomic mass is 10.0. The Morgan fingerprint density at radius 1 is 1.47 bits per heavy atom. The molecular formula is C10H23ClN2OS. The smallest absolute Gasteiger partial charge is 0.221 e. The van der Waals surface area contributed by atoms with E-state index >= 15 is 0 Å². The average Bonchev–Trinajstić information content (AvgIpc) is 2.12. The van der Waals surface area contributed by atoms with Crippen LogP contribution in [0.5, 0.6) is 0 Å². The minimum absolute atomic E-state index is 0. The molecule has 3 N–H and O–H groups in total. The maximum Gasteiger partial charge on any atom is 0.221 e. The van der Waals surface area contributed by atoms with Crippen LogP contribution in [0.25, 0.3) is 0 Å². The predicted octanol–water partition coefficient (Wildman–Crippen LogP) is 1.65. The third-order valence-electron chi connectivity index (χ3n) is 1.94. The molecule has 0 saturated heterocycles. The number of hydrogen-bond acceptors (Lipinski definition) is 3. The molecule has 92 valence electrons. The van der Waals surface area contributed by atoms with E-state index in [1.165, 1.54) is 0 Å². The SMILES string of the molecule is CSCCC(=O)NC(CN)CC(C)C.Cl. The summed E-state index contributed by atoms with van der Waals surface area (Å²) < 4.78 is 0. The number of carbonyl (C=O) groups excluding carboxylic acids is 1. The van der Waals surface area contributed by atoms with Crippen molar-refractivity contribution in [2.45, 2.75) is 32.7 Å². The number of amides is 1. The molecule has 0 fully saturated rings. The number of carbonyl (C=O) groups is 1. The van der Waals surface area contributed by atoms with Crippen LogP contribution in [0.15, 0.2) is 0 Å². The first-order chi connectivity index (χ1) is 6.60. The van der Waals surface area contributed by atoms with Crippen molar-refractivity contribution in [2.75, 3.05) is 18.6 Å². The quantitative estimate of drug-likeness (QED) is 0.727. The summed E-state index contributed by atoms with van der Waals surface area (Å²) in [6.07, 6.45) is 3.55. The van der Waals surface area contributed by atoms with Gasteiger partial charge in [0.15, 0.2) is 0 Å². The van der Waals surface area contributed by atoms with E-state index in [0.29, 0.717) is 18.9 Å². The van der Waals surface area contributed by atoms with Gasteiger partial charge in [-0.3, -0.25) is 4.79 Å². The summed E-state index contributed by atoms with van der Waals surface area (Å²) >= 11 is 1.69. The first-order valence-corrected chi connectivity index (χ1v) is 6.47. The van der Waals surface area contributed by atoms with Gasteiger partial charge in [-0.25, -0.2) is 0 Å². The van der Waals surface area contributed by atoms with Crippen LogP contribution >= 0.6 is 24.2 Å². The molecule has 0 aliphatic rings. The molecule has 0 spiro atoms. The number of hydrogen-bond donors (Lipinski definition) is 2. The van der Waals surface area contributed by atoms with Crippen molar-refractivity contribution < 1.29 is 4.79 Å². The summed E-state index contributed by atoms with van der Waals surface area (Å²) in [5, 5.41) is 2.96. The van der Waals surface area contributed by atoms with Gasteiger partial charge in [-0.1, -0.05) is 13.8 Å². The van der Waals surface area contributed by atoms with Crippen LogP contribution in [0.2, 0.25) is 0 Å². The fourth-order valence-electron chi connectivity index (χ4n) is 1.28. The average molecular weight is 255 g/mol. The first-order valence-electron chi connectivity index (χ1n) is 5.08. The van der Waals surface area contributed by atoms with E-state index in [-0.39, 0.29) is 24.4 Å². The van der Waals surface area contributed by atoms with Crippen molar-refractivity contribution in [2.24, 2.45) is 11.7 Å². The third kappa shape index (κ3) is 10.4. The van der Waals surface area contributed by atoms with E-state index < -0.39 is 0 Å². The lowest BCUT2D eigenvalue weighted by Crippen LogP contribution is -2.41. The Bertz CT molecular complexity index is 168. The summed E-state index contributed by atoms with van der Waals surface area (Å²) in [5.41, 5.74) is 5.58. The van der Waals surface area contributed by atoms with E-state index in [0.717, 1.165) is 12.2 Å². The number of nitrogens with two attached hydrogens (primary N) is 1. The molecule has 0 aromatic rings. The summed E-state index contributed by atoms with van der Waals surface area (Å²) in [6.45, 7) is 4.80. The molecule has 5 heteroatoms. The predicted molar refractivity (Wildman–Crippen MR) is 70.7 cm³/mol. The van der Waals surface area contributed by atoms with Gasteiger partial charge in [-0.15, -0.1) is 12.4 Å². The number of nitrogens with one attached hydrogen (secondary N) is 1. The zero-order valence-corrected chi connectivity index (χ0v) is 11.4. The van der Waals surface area contributed by atoms with Crippen LogP contribution in [0.1, 0.15) is 26.7 Å². The lowest BCUT2D eigenvalue weighted by molar-refractivity contribution is -0.121. The molecule has 0 rings (SSSR count). The summed E-state index contributed by atoms with van der Waals surface area (Å²) in [6, 6.07) is 0.143. The van der Waals surface area contributed by atoms with E-state index in [2.05, 4.69) is 19.2 Å². The highest BCUT2D eigenvalue weighted by molar-refractivity contribution is 7.98. The van der Waals surface area contributed by atoms with Crippen molar-refractivity contribution in [1.29, 1.82) is 0 Å². The van der Waals surface area contributed by atoms with Gasteiger partial charge in [0.2, 0.25) is 5.91 Å². The van der Waals surface area contributed by atoms with Crippen LogP contribution in [-0.4, -0.2) is 30.5 Å². The first kappa shape index (κ1) is 17.5. The van der Waals surface area contributed by atoms with Gasteiger partial charge in [-0.2, -0.15) is 11.8 Å². The molecule has 0 aromatic carbocycles. The maximum absolute atomic E-state index is 11.4. The second-order valence-corrected chi connectivity index (χ2v) is 4.86. The van der Waals surface area contributed by atoms with Gasteiger partial charge >= 0.3 is 0 Å². The monoisotopic (exact) mass is 254 g/mol. The highest BCUT2D eigenvalue weighted by atomic mass is 35.5. The van der Waals surface area contributed by atoms with E-state index in [1.807, 2.05) is 6.26 Å². The largest absolute Gasteiger partial charge is 0.352 e. The molecule has 0 aromatic heterocycles. The highest BCUT2D eigenvalue weighted by Crippen LogP contribution is 2.04. The molecule has 15 heavy (non-hydrogen) atoms. The second-order valence-electron chi connectivity index (χ2n) is 3.87. The summed E-state index contributed by atoms with van der Waals surface area (Å²) in [5.74, 6) is 1.57. The molecule has 1 unspecified atom stereocenters. The number of thioether (sulfide) groups is 1. The Kier molecular flexibility index (Phi) is 12.3. The standard InChI is InChI=1S/C10H22N2OS.ClH/c1-8(2)6-9(7-11)12-10(13)4-5-14-3;/h8-9H,4-7,11H2,1-3H3,(H,12,13);1H. The molecule has 0 heterocycles. The van der Waals surface area contributed by atoms with Crippen molar-refractivity contribution in [3.8, 4) is 0 Å². The van der Waals surface area contributed by atoms with Gasteiger partial charge in [0, 0.05) is 24.8 Å². The zero-order chi connectivity index (χ0) is 11.0. The Morgan fingerprint density at radius 2 is 2.07 bits per heavy atom. The fraction of sp³-hybridized carbons (Fsp3) is 0.900. The molecule has 0 bridgehead atoms. The zero-order valence-electron chi connectivity index (χ0n) is 9.79. The Labute approximate surface area is 103 Å².